The second-order valence-corrected chi connectivity index (χ2v) is 14.5. The van der Waals surface area contributed by atoms with E-state index in [0.29, 0.717) is 0 Å². The molecule has 1 aromatic heterocycles. The first-order valence-electron chi connectivity index (χ1n) is 13.0. The molecule has 2 aromatic carbocycles. The monoisotopic (exact) mass is 730 g/mol. The molecule has 256 valence electrons. The lowest BCUT2D eigenvalue weighted by Gasteiger charge is -2.42. The minimum Gasteiger partial charge on any atom is -0.369 e. The fourth-order valence-electron chi connectivity index (χ4n) is 4.79. The highest BCUT2D eigenvalue weighted by Crippen LogP contribution is 2.49. The minimum absolute atomic E-state index is 0.116. The maximum Gasteiger partial charge on any atom is 0.430 e. The molecule has 4 rings (SSSR count). The largest absolute Gasteiger partial charge is 0.430 e. The summed E-state index contributed by atoms with van der Waals surface area (Å²) in [7, 11) is -8.63. The molecule has 0 aliphatic carbocycles. The summed E-state index contributed by atoms with van der Waals surface area (Å²) in [5, 5.41) is 21.0. The molecule has 0 unspecified atom stereocenters. The Morgan fingerprint density at radius 3 is 2.09 bits per heavy atom. The number of para-hydroxylation sites is 1. The standard InChI is InChI=1S/C25H24F6N6O7S3/c1-46(41,42)36(17-5-3-2-4-6-17)15-19-14-34(47(43,44)21-11-18(37(39)40)7-8-20(21)45)9-10-35(19)22-32-12-16(13-33-22)23(38,24(26,27)28)25(29,30)31/h2-8,11-13,19,38,45H,9-10,14-15H2,1H3/t19-/m1/s1. The van der Waals surface area contributed by atoms with Crippen molar-refractivity contribution in [1.29, 1.82) is 0 Å². The number of alkyl halides is 6. The molecule has 0 bridgehead atoms. The number of thiol groups is 1. The number of aliphatic hydroxyl groups is 1. The highest BCUT2D eigenvalue weighted by atomic mass is 32.2. The van der Waals surface area contributed by atoms with E-state index in [1.165, 1.54) is 29.2 Å². The number of benzene rings is 2. The Balaban J connectivity index is 1.78. The van der Waals surface area contributed by atoms with Gasteiger partial charge in [-0.2, -0.15) is 30.6 Å². The van der Waals surface area contributed by atoms with Gasteiger partial charge in [0.15, 0.2) is 0 Å². The maximum atomic E-state index is 13.7. The normalized spacial score (nSPS) is 17.0. The molecule has 13 nitrogen and oxygen atoms in total. The van der Waals surface area contributed by atoms with Gasteiger partial charge in [0.2, 0.25) is 26.0 Å². The SMILES string of the molecule is CS(=O)(=O)N(C[C@H]1CN(S(=O)(=O)c2cc([N+](=O)[O-])ccc2S)CCN1c1ncc(C(O)(C(F)(F)F)C(F)(F)F)cn1)c1ccccc1. The zero-order valence-corrected chi connectivity index (χ0v) is 26.3. The van der Waals surface area contributed by atoms with Crippen LogP contribution in [-0.4, -0.2) is 92.0 Å². The number of nitrogens with zero attached hydrogens (tertiary/aromatic N) is 6. The average Bonchev–Trinajstić information content (AvgIpc) is 2.98. The fraction of sp³-hybridized carbons (Fsp3) is 0.360. The number of sulfonamides is 2. The van der Waals surface area contributed by atoms with Crippen LogP contribution in [0.15, 0.2) is 70.7 Å². The second-order valence-electron chi connectivity index (χ2n) is 10.2. The summed E-state index contributed by atoms with van der Waals surface area (Å²) in [5.74, 6) is -0.505. The van der Waals surface area contributed by atoms with E-state index < -0.39 is 90.7 Å². The summed E-state index contributed by atoms with van der Waals surface area (Å²) in [6.07, 6.45) is -11.3. The van der Waals surface area contributed by atoms with E-state index >= 15 is 0 Å². The number of nitro benzene ring substituents is 1. The summed E-state index contributed by atoms with van der Waals surface area (Å²) < 4.78 is 135. The molecule has 0 spiro atoms. The molecule has 3 aromatic rings. The third-order valence-electron chi connectivity index (χ3n) is 7.17. The van der Waals surface area contributed by atoms with E-state index in [-0.39, 0.29) is 29.5 Å². The molecule has 1 N–H and O–H groups in total. The highest BCUT2D eigenvalue weighted by Gasteiger charge is 2.71. The Labute approximate surface area is 269 Å². The molecular weight excluding hydrogens is 706 g/mol. The molecule has 1 fully saturated rings. The number of non-ortho nitro benzene ring substituents is 1. The first-order valence-corrected chi connectivity index (χ1v) is 16.8. The van der Waals surface area contributed by atoms with E-state index in [9.17, 15) is 58.4 Å². The molecule has 1 aliphatic heterocycles. The van der Waals surface area contributed by atoms with Gasteiger partial charge >= 0.3 is 12.4 Å². The van der Waals surface area contributed by atoms with Crippen molar-refractivity contribution in [2.75, 3.05) is 41.6 Å². The van der Waals surface area contributed by atoms with Crippen molar-refractivity contribution in [3.8, 4) is 0 Å². The molecule has 47 heavy (non-hydrogen) atoms. The van der Waals surface area contributed by atoms with E-state index in [4.69, 9.17) is 0 Å². The van der Waals surface area contributed by atoms with Crippen LogP contribution < -0.4 is 9.21 Å². The number of halogens is 6. The maximum absolute atomic E-state index is 13.7. The van der Waals surface area contributed by atoms with Gasteiger partial charge in [-0.25, -0.2) is 26.8 Å². The zero-order valence-electron chi connectivity index (χ0n) is 23.8. The molecule has 0 radical (unpaired) electrons. The highest BCUT2D eigenvalue weighted by molar-refractivity contribution is 7.92. The molecular formula is C25H24F6N6O7S3. The quantitative estimate of drug-likeness (QED) is 0.144. The summed E-state index contributed by atoms with van der Waals surface area (Å²) in [5.41, 5.74) is -7.47. The lowest BCUT2D eigenvalue weighted by atomic mass is 9.95. The van der Waals surface area contributed by atoms with Crippen molar-refractivity contribution in [2.45, 2.75) is 33.8 Å². The summed E-state index contributed by atoms with van der Waals surface area (Å²) in [4.78, 5) is 18.2. The van der Waals surface area contributed by atoms with Gasteiger partial charge in [-0.15, -0.1) is 12.6 Å². The van der Waals surface area contributed by atoms with Gasteiger partial charge in [-0.05, 0) is 18.2 Å². The number of piperazine rings is 1. The van der Waals surface area contributed by atoms with Crippen LogP contribution in [-0.2, 0) is 25.6 Å². The number of aromatic nitrogens is 2. The Morgan fingerprint density at radius 1 is 1.00 bits per heavy atom. The van der Waals surface area contributed by atoms with Gasteiger partial charge in [-0.3, -0.25) is 14.4 Å². The number of hydrogen-bond acceptors (Lipinski definition) is 11. The summed E-state index contributed by atoms with van der Waals surface area (Å²) in [6.45, 7) is -1.83. The average molecular weight is 731 g/mol. The topological polar surface area (TPSA) is 167 Å². The van der Waals surface area contributed by atoms with E-state index in [2.05, 4.69) is 22.6 Å². The first-order chi connectivity index (χ1) is 21.6. The number of nitro groups is 1. The van der Waals surface area contributed by atoms with Crippen molar-refractivity contribution in [1.82, 2.24) is 14.3 Å². The molecule has 22 heteroatoms. The molecule has 1 atom stereocenters. The van der Waals surface area contributed by atoms with Gasteiger partial charge in [0.05, 0.1) is 29.5 Å². The number of rotatable bonds is 9. The van der Waals surface area contributed by atoms with Gasteiger partial charge < -0.3 is 10.0 Å². The van der Waals surface area contributed by atoms with Crippen LogP contribution >= 0.6 is 12.6 Å². The second kappa shape index (κ2) is 12.7. The lowest BCUT2D eigenvalue weighted by molar-refractivity contribution is -0.385. The van der Waals surface area contributed by atoms with Crippen LogP contribution in [0, 0.1) is 10.1 Å². The smallest absolute Gasteiger partial charge is 0.369 e. The van der Waals surface area contributed by atoms with Crippen LogP contribution in [0.3, 0.4) is 0 Å². The Hall–Kier alpha value is -3.73. The molecule has 1 aliphatic rings. The van der Waals surface area contributed by atoms with Gasteiger partial charge in [0.25, 0.3) is 11.3 Å². The van der Waals surface area contributed by atoms with E-state index in [1.54, 1.807) is 6.07 Å². The first kappa shape index (κ1) is 36.1. The van der Waals surface area contributed by atoms with Crippen molar-refractivity contribution in [2.24, 2.45) is 0 Å². The van der Waals surface area contributed by atoms with Crippen molar-refractivity contribution in [3.05, 3.63) is 76.6 Å². The molecule has 0 saturated carbocycles. The van der Waals surface area contributed by atoms with E-state index in [0.717, 1.165) is 33.1 Å². The van der Waals surface area contributed by atoms with Gasteiger partial charge in [0, 0.05) is 54.6 Å². The molecule has 1 saturated heterocycles. The number of hydrogen-bond donors (Lipinski definition) is 2. The van der Waals surface area contributed by atoms with Crippen molar-refractivity contribution >= 4 is 50.0 Å². The third kappa shape index (κ3) is 7.10. The van der Waals surface area contributed by atoms with Crippen molar-refractivity contribution < 1.29 is 53.2 Å². The zero-order chi connectivity index (χ0) is 35.2. The van der Waals surface area contributed by atoms with Crippen LogP contribution in [0.25, 0.3) is 0 Å². The predicted molar refractivity (Wildman–Crippen MR) is 157 cm³/mol. The Morgan fingerprint density at radius 2 is 1.57 bits per heavy atom. The third-order valence-corrected chi connectivity index (χ3v) is 10.8. The van der Waals surface area contributed by atoms with Crippen LogP contribution in [0.2, 0.25) is 0 Å². The van der Waals surface area contributed by atoms with Gasteiger partial charge in [-0.1, -0.05) is 18.2 Å². The fourth-order valence-corrected chi connectivity index (χ4v) is 7.79. The summed E-state index contributed by atoms with van der Waals surface area (Å²) >= 11 is 4.11. The minimum atomic E-state index is -6.21. The lowest BCUT2D eigenvalue weighted by Crippen LogP contribution is -2.59. The van der Waals surface area contributed by atoms with Crippen LogP contribution in [0.5, 0.6) is 0 Å². The molecule has 2 heterocycles. The van der Waals surface area contributed by atoms with Gasteiger partial charge in [0.1, 0.15) is 4.90 Å². The van der Waals surface area contributed by atoms with Crippen molar-refractivity contribution in [3.63, 3.8) is 0 Å². The summed E-state index contributed by atoms with van der Waals surface area (Å²) in [6, 6.07) is 9.18. The van der Waals surface area contributed by atoms with Crippen LogP contribution in [0.1, 0.15) is 5.56 Å². The Kier molecular flexibility index (Phi) is 9.76. The predicted octanol–water partition coefficient (Wildman–Crippen LogP) is 3.33. The van der Waals surface area contributed by atoms with Crippen LogP contribution in [0.4, 0.5) is 43.7 Å². The number of anilines is 2. The van der Waals surface area contributed by atoms with E-state index in [1.807, 2.05) is 0 Å². The Bertz CT molecular complexity index is 1830. The molecule has 0 amide bonds.